The summed E-state index contributed by atoms with van der Waals surface area (Å²) in [7, 11) is 0. The molecule has 3 heterocycles. The van der Waals surface area contributed by atoms with Gasteiger partial charge in [-0.1, -0.05) is 17.7 Å². The van der Waals surface area contributed by atoms with Crippen molar-refractivity contribution >= 4 is 23.3 Å². The second-order valence-corrected chi connectivity index (χ2v) is 10.5. The summed E-state index contributed by atoms with van der Waals surface area (Å²) in [4.78, 5) is 28.0. The van der Waals surface area contributed by atoms with Crippen molar-refractivity contribution in [1.29, 1.82) is 0 Å². The molecule has 1 saturated carbocycles. The van der Waals surface area contributed by atoms with Crippen LogP contribution in [0.15, 0.2) is 18.2 Å². The van der Waals surface area contributed by atoms with E-state index in [9.17, 15) is 27.2 Å². The van der Waals surface area contributed by atoms with Gasteiger partial charge in [0, 0.05) is 41.7 Å². The molecule has 1 saturated heterocycles. The zero-order valence-electron chi connectivity index (χ0n) is 19.2. The van der Waals surface area contributed by atoms with E-state index >= 15 is 0 Å². The van der Waals surface area contributed by atoms with Crippen LogP contribution >= 0.6 is 11.6 Å². The third-order valence-electron chi connectivity index (χ3n) is 7.51. The number of Topliss-reactive ketones (excluding diaryl/α,β-unsaturated/α-hetero) is 1. The highest BCUT2D eigenvalue weighted by Gasteiger charge is 2.53. The molecule has 2 fully saturated rings. The molecule has 1 amide bonds. The van der Waals surface area contributed by atoms with E-state index in [0.717, 1.165) is 36.7 Å². The molecule has 1 aliphatic carbocycles. The summed E-state index contributed by atoms with van der Waals surface area (Å²) in [5.41, 5.74) is -0.358. The van der Waals surface area contributed by atoms with Crippen molar-refractivity contribution in [2.75, 3.05) is 26.2 Å². The fourth-order valence-corrected chi connectivity index (χ4v) is 5.86. The van der Waals surface area contributed by atoms with Gasteiger partial charge in [-0.2, -0.15) is 18.3 Å². The van der Waals surface area contributed by atoms with Crippen LogP contribution in [0.2, 0.25) is 5.02 Å². The van der Waals surface area contributed by atoms with Crippen molar-refractivity contribution in [3.63, 3.8) is 0 Å². The van der Waals surface area contributed by atoms with Crippen molar-refractivity contribution in [3.05, 3.63) is 51.6 Å². The average Bonchev–Trinajstić information content (AvgIpc) is 3.08. The number of rotatable bonds is 5. The lowest BCUT2D eigenvalue weighted by Crippen LogP contribution is -2.64. The maximum Gasteiger partial charge on any atom is 0.435 e. The van der Waals surface area contributed by atoms with Gasteiger partial charge in [0.1, 0.15) is 11.6 Å². The molecule has 3 aliphatic rings. The zero-order valence-corrected chi connectivity index (χ0v) is 19.9. The van der Waals surface area contributed by atoms with Crippen molar-refractivity contribution in [1.82, 2.24) is 19.6 Å². The van der Waals surface area contributed by atoms with Crippen LogP contribution in [0.5, 0.6) is 0 Å². The first-order valence-electron chi connectivity index (χ1n) is 11.5. The van der Waals surface area contributed by atoms with Crippen molar-refractivity contribution < 1.29 is 27.2 Å². The van der Waals surface area contributed by atoms with Crippen LogP contribution in [-0.4, -0.2) is 57.4 Å². The molecule has 0 N–H and O–H groups in total. The first-order valence-corrected chi connectivity index (χ1v) is 11.9. The molecule has 35 heavy (non-hydrogen) atoms. The minimum Gasteiger partial charge on any atom is -0.335 e. The molecular weight excluding hydrogens is 488 g/mol. The van der Waals surface area contributed by atoms with Crippen molar-refractivity contribution in [2.24, 2.45) is 11.3 Å². The second kappa shape index (κ2) is 8.58. The average molecular weight is 513 g/mol. The number of alkyl halides is 3. The number of aromatic nitrogens is 2. The van der Waals surface area contributed by atoms with Crippen LogP contribution in [0.1, 0.15) is 42.3 Å². The molecule has 6 nitrogen and oxygen atoms in total. The molecule has 1 aromatic carbocycles. The Hall–Kier alpha value is -2.46. The fraction of sp³-hybridized carbons (Fsp3) is 0.542. The number of halogens is 5. The summed E-state index contributed by atoms with van der Waals surface area (Å²) in [5.74, 6) is -0.453. The molecule has 0 bridgehead atoms. The summed E-state index contributed by atoms with van der Waals surface area (Å²) in [6.07, 6.45) is -2.89. The number of amides is 1. The number of likely N-dealkylation sites (tertiary alicyclic amines) is 1. The molecule has 0 unspecified atom stereocenters. The van der Waals surface area contributed by atoms with Crippen LogP contribution in [0.3, 0.4) is 0 Å². The number of carbonyl (C=O) groups is 2. The van der Waals surface area contributed by atoms with Crippen LogP contribution in [0.25, 0.3) is 0 Å². The molecule has 0 radical (unpaired) electrons. The topological polar surface area (TPSA) is 58.4 Å². The Balaban J connectivity index is 1.29. The minimum absolute atomic E-state index is 0.0160. The Morgan fingerprint density at radius 2 is 1.94 bits per heavy atom. The predicted molar refractivity (Wildman–Crippen MR) is 119 cm³/mol. The van der Waals surface area contributed by atoms with E-state index in [2.05, 4.69) is 5.10 Å². The third kappa shape index (κ3) is 4.58. The van der Waals surface area contributed by atoms with Gasteiger partial charge in [-0.15, -0.1) is 0 Å². The summed E-state index contributed by atoms with van der Waals surface area (Å²) in [5, 5.41) is 3.97. The molecule has 2 aromatic rings. The SMILES string of the molecule is CC(=O)C1CC2(C1)CN(CC(=O)N1CCc3c(C(F)(F)F)nn(Cc4ccc(Cl)cc4F)c3C1)C2. The summed E-state index contributed by atoms with van der Waals surface area (Å²) in [6, 6.07) is 3.99. The van der Waals surface area contributed by atoms with Crippen LogP contribution in [0, 0.1) is 17.2 Å². The Morgan fingerprint density at radius 3 is 2.57 bits per heavy atom. The maximum atomic E-state index is 14.3. The number of carbonyl (C=O) groups excluding carboxylic acids is 2. The van der Waals surface area contributed by atoms with E-state index in [1.807, 2.05) is 4.90 Å². The monoisotopic (exact) mass is 512 g/mol. The molecule has 188 valence electrons. The molecule has 1 spiro atoms. The van der Waals surface area contributed by atoms with Gasteiger partial charge in [0.15, 0.2) is 5.69 Å². The first-order chi connectivity index (χ1) is 16.4. The standard InChI is InChI=1S/C24H25ClF4N4O2/c1-14(34)16-7-23(8-16)12-31(13-23)11-21(35)32-5-4-18-20(10-32)33(30-22(18)24(27,28)29)9-15-2-3-17(25)6-19(15)26/h2-3,6,16H,4-5,7-13H2,1H3. The van der Waals surface area contributed by atoms with Crippen LogP contribution in [0.4, 0.5) is 17.6 Å². The number of hydrogen-bond donors (Lipinski definition) is 0. The lowest BCUT2D eigenvalue weighted by molar-refractivity contribution is -0.149. The molecule has 2 aliphatic heterocycles. The van der Waals surface area contributed by atoms with Crippen LogP contribution in [-0.2, 0) is 35.3 Å². The Morgan fingerprint density at radius 1 is 1.23 bits per heavy atom. The van der Waals surface area contributed by atoms with Gasteiger partial charge < -0.3 is 4.90 Å². The number of hydrogen-bond acceptors (Lipinski definition) is 4. The minimum atomic E-state index is -4.65. The Kier molecular flexibility index (Phi) is 5.95. The number of fused-ring (bicyclic) bond motifs is 1. The van der Waals surface area contributed by atoms with E-state index in [4.69, 9.17) is 11.6 Å². The second-order valence-electron chi connectivity index (χ2n) is 10.1. The Labute approximate surface area is 204 Å². The van der Waals surface area contributed by atoms with Gasteiger partial charge in [0.05, 0.1) is 25.3 Å². The summed E-state index contributed by atoms with van der Waals surface area (Å²) >= 11 is 5.79. The van der Waals surface area contributed by atoms with E-state index < -0.39 is 17.7 Å². The van der Waals surface area contributed by atoms with Crippen LogP contribution < -0.4 is 0 Å². The largest absolute Gasteiger partial charge is 0.435 e. The molecular formula is C24H25ClF4N4O2. The number of benzene rings is 1. The van der Waals surface area contributed by atoms with Gasteiger partial charge >= 0.3 is 6.18 Å². The highest BCUT2D eigenvalue weighted by molar-refractivity contribution is 6.30. The van der Waals surface area contributed by atoms with E-state index in [-0.39, 0.29) is 77.5 Å². The predicted octanol–water partition coefficient (Wildman–Crippen LogP) is 3.93. The highest BCUT2D eigenvalue weighted by Crippen LogP contribution is 2.52. The molecule has 5 rings (SSSR count). The molecule has 0 atom stereocenters. The summed E-state index contributed by atoms with van der Waals surface area (Å²) < 4.78 is 56.4. The lowest BCUT2D eigenvalue weighted by Gasteiger charge is -2.58. The lowest BCUT2D eigenvalue weighted by atomic mass is 9.57. The first kappa shape index (κ1) is 24.2. The Bertz CT molecular complexity index is 1180. The molecule has 1 aromatic heterocycles. The van der Waals surface area contributed by atoms with E-state index in [1.54, 1.807) is 11.8 Å². The normalized spacial score (nSPS) is 19.9. The maximum absolute atomic E-state index is 14.3. The highest BCUT2D eigenvalue weighted by atomic mass is 35.5. The van der Waals surface area contributed by atoms with E-state index in [1.165, 1.54) is 12.1 Å². The van der Waals surface area contributed by atoms with Gasteiger partial charge in [-0.25, -0.2) is 4.39 Å². The smallest absolute Gasteiger partial charge is 0.335 e. The van der Waals surface area contributed by atoms with Gasteiger partial charge in [-0.3, -0.25) is 19.2 Å². The van der Waals surface area contributed by atoms with Crippen molar-refractivity contribution in [2.45, 2.75) is 45.5 Å². The number of nitrogens with zero attached hydrogens (tertiary/aromatic N) is 4. The van der Waals surface area contributed by atoms with E-state index in [0.29, 0.717) is 0 Å². The summed E-state index contributed by atoms with van der Waals surface area (Å²) in [6.45, 7) is 3.27. The zero-order chi connectivity index (χ0) is 25.1. The molecule has 11 heteroatoms. The third-order valence-corrected chi connectivity index (χ3v) is 7.74. The van der Waals surface area contributed by atoms with Gasteiger partial charge in [-0.05, 0) is 43.7 Å². The van der Waals surface area contributed by atoms with Crippen molar-refractivity contribution in [3.8, 4) is 0 Å². The fourth-order valence-electron chi connectivity index (χ4n) is 5.70. The quantitative estimate of drug-likeness (QED) is 0.570. The van der Waals surface area contributed by atoms with Gasteiger partial charge in [0.25, 0.3) is 0 Å². The van der Waals surface area contributed by atoms with Gasteiger partial charge in [0.2, 0.25) is 5.91 Å². The number of ketones is 1.